The first kappa shape index (κ1) is 28.6. The summed E-state index contributed by atoms with van der Waals surface area (Å²) in [4.78, 5) is 14.7. The Kier molecular flexibility index (Phi) is 8.64. The molecule has 1 N–H and O–H groups in total. The van der Waals surface area contributed by atoms with Gasteiger partial charge in [-0.25, -0.2) is 12.8 Å². The third kappa shape index (κ3) is 7.18. The summed E-state index contributed by atoms with van der Waals surface area (Å²) in [5, 5.41) is 0. The lowest BCUT2D eigenvalue weighted by Crippen LogP contribution is -2.26. The lowest BCUT2D eigenvalue weighted by molar-refractivity contribution is -0.131. The second kappa shape index (κ2) is 11.8. The van der Waals surface area contributed by atoms with E-state index in [-0.39, 0.29) is 28.3 Å². The van der Waals surface area contributed by atoms with E-state index in [1.165, 1.54) is 23.8 Å². The van der Waals surface area contributed by atoms with Gasteiger partial charge >= 0.3 is 0 Å². The molecule has 39 heavy (non-hydrogen) atoms. The predicted molar refractivity (Wildman–Crippen MR) is 152 cm³/mol. The van der Waals surface area contributed by atoms with E-state index in [1.807, 2.05) is 12.1 Å². The zero-order chi connectivity index (χ0) is 28.2. The molecule has 3 aromatic rings. The fraction of sp³-hybridized carbons (Fsp3) is 0.387. The Hall–Kier alpha value is -3.39. The van der Waals surface area contributed by atoms with Gasteiger partial charge in [0, 0.05) is 19.2 Å². The van der Waals surface area contributed by atoms with Gasteiger partial charge in [-0.1, -0.05) is 70.9 Å². The highest BCUT2D eigenvalue weighted by Gasteiger charge is 2.26. The van der Waals surface area contributed by atoms with Gasteiger partial charge in [-0.05, 0) is 58.4 Å². The first-order valence-electron chi connectivity index (χ1n) is 13.4. The molecule has 6 nitrogen and oxygen atoms in total. The number of benzene rings is 3. The lowest BCUT2D eigenvalue weighted by atomic mass is 9.86. The number of unbranched alkanes of at least 4 members (excludes halogenated alkanes) is 2. The molecular weight excluding hydrogens is 515 g/mol. The maximum absolute atomic E-state index is 14.6. The fourth-order valence-corrected chi connectivity index (χ4v) is 5.66. The first-order chi connectivity index (χ1) is 18.5. The van der Waals surface area contributed by atoms with Crippen molar-refractivity contribution < 1.29 is 22.3 Å². The van der Waals surface area contributed by atoms with Crippen LogP contribution in [0.3, 0.4) is 0 Å². The van der Waals surface area contributed by atoms with Crippen LogP contribution >= 0.6 is 0 Å². The molecule has 8 heteroatoms. The minimum absolute atomic E-state index is 0.0173. The number of carbonyl (C=O) groups excluding carboxylic acids is 1. The molecule has 0 unspecified atom stereocenters. The summed E-state index contributed by atoms with van der Waals surface area (Å²) >= 11 is 0. The Morgan fingerprint density at radius 1 is 0.974 bits per heavy atom. The molecule has 0 saturated carbocycles. The molecule has 0 aromatic heterocycles. The van der Waals surface area contributed by atoms with Gasteiger partial charge < -0.3 is 9.64 Å². The van der Waals surface area contributed by atoms with Gasteiger partial charge in [0.15, 0.2) is 5.82 Å². The molecule has 0 radical (unpaired) electrons. The number of rotatable bonds is 10. The van der Waals surface area contributed by atoms with Gasteiger partial charge in [-0.3, -0.25) is 9.52 Å². The maximum Gasteiger partial charge on any atom is 0.261 e. The third-order valence-corrected chi connectivity index (χ3v) is 8.30. The largest absolute Gasteiger partial charge is 0.493 e. The second-order valence-corrected chi connectivity index (χ2v) is 12.8. The Balaban J connectivity index is 1.39. The average molecular weight is 553 g/mol. The van der Waals surface area contributed by atoms with E-state index in [2.05, 4.69) is 44.5 Å². The van der Waals surface area contributed by atoms with Crippen molar-refractivity contribution in [3.05, 3.63) is 88.7 Å². The SMILES string of the molecule is CCCCCOc1ccc(NS(=O)(=O)c2ccc3c(c2)CN(C(=O)Cc2ccc(C(C)(C)C)cc2)C3)c(F)c1. The fourth-order valence-electron chi connectivity index (χ4n) is 4.54. The van der Waals surface area contributed by atoms with Crippen molar-refractivity contribution in [3.63, 3.8) is 0 Å². The summed E-state index contributed by atoms with van der Waals surface area (Å²) in [5.41, 5.74) is 3.72. The topological polar surface area (TPSA) is 75.7 Å². The molecule has 0 saturated heterocycles. The quantitative estimate of drug-likeness (QED) is 0.288. The van der Waals surface area contributed by atoms with Crippen LogP contribution in [-0.4, -0.2) is 25.8 Å². The number of amides is 1. The second-order valence-electron chi connectivity index (χ2n) is 11.1. The molecule has 0 atom stereocenters. The summed E-state index contributed by atoms with van der Waals surface area (Å²) in [6.07, 6.45) is 3.24. The van der Waals surface area contributed by atoms with E-state index >= 15 is 0 Å². The van der Waals surface area contributed by atoms with Gasteiger partial charge in [0.05, 0.1) is 23.6 Å². The number of ether oxygens (including phenoxy) is 1. The minimum Gasteiger partial charge on any atom is -0.493 e. The van der Waals surface area contributed by atoms with Crippen LogP contribution in [0.4, 0.5) is 10.1 Å². The molecule has 1 aliphatic heterocycles. The molecule has 0 bridgehead atoms. The zero-order valence-electron chi connectivity index (χ0n) is 23.1. The Labute approximate surface area is 231 Å². The number of anilines is 1. The number of fused-ring (bicyclic) bond motifs is 1. The van der Waals surface area contributed by atoms with Crippen LogP contribution in [0.5, 0.6) is 5.75 Å². The van der Waals surface area contributed by atoms with E-state index in [0.29, 0.717) is 25.4 Å². The van der Waals surface area contributed by atoms with Gasteiger partial charge in [-0.2, -0.15) is 0 Å². The molecule has 0 fully saturated rings. The highest BCUT2D eigenvalue weighted by atomic mass is 32.2. The van der Waals surface area contributed by atoms with Crippen LogP contribution in [0.15, 0.2) is 65.6 Å². The Morgan fingerprint density at radius 3 is 2.36 bits per heavy atom. The van der Waals surface area contributed by atoms with E-state index < -0.39 is 15.8 Å². The van der Waals surface area contributed by atoms with Crippen molar-refractivity contribution in [2.45, 2.75) is 76.8 Å². The molecule has 208 valence electrons. The van der Waals surface area contributed by atoms with Crippen molar-refractivity contribution >= 4 is 21.6 Å². The van der Waals surface area contributed by atoms with Gasteiger partial charge in [-0.15, -0.1) is 0 Å². The van der Waals surface area contributed by atoms with Crippen LogP contribution in [0, 0.1) is 5.82 Å². The molecule has 1 amide bonds. The number of hydrogen-bond donors (Lipinski definition) is 1. The van der Waals surface area contributed by atoms with Crippen molar-refractivity contribution in [1.82, 2.24) is 4.90 Å². The van der Waals surface area contributed by atoms with Crippen molar-refractivity contribution in [3.8, 4) is 5.75 Å². The van der Waals surface area contributed by atoms with Gasteiger partial charge in [0.2, 0.25) is 5.91 Å². The van der Waals surface area contributed by atoms with Crippen LogP contribution in [-0.2, 0) is 39.7 Å². The zero-order valence-corrected chi connectivity index (χ0v) is 23.9. The van der Waals surface area contributed by atoms with Crippen LogP contribution in [0.25, 0.3) is 0 Å². The summed E-state index contributed by atoms with van der Waals surface area (Å²) in [6, 6.07) is 17.0. The molecule has 0 aliphatic carbocycles. The molecule has 3 aromatic carbocycles. The van der Waals surface area contributed by atoms with Crippen molar-refractivity contribution in [2.24, 2.45) is 0 Å². The predicted octanol–water partition coefficient (Wildman–Crippen LogP) is 6.58. The summed E-state index contributed by atoms with van der Waals surface area (Å²) in [5.74, 6) is -0.365. The lowest BCUT2D eigenvalue weighted by Gasteiger charge is -2.19. The third-order valence-electron chi connectivity index (χ3n) is 6.94. The van der Waals surface area contributed by atoms with Crippen LogP contribution in [0.1, 0.15) is 69.2 Å². The average Bonchev–Trinajstić information content (AvgIpc) is 3.32. The van der Waals surface area contributed by atoms with E-state index in [4.69, 9.17) is 4.74 Å². The van der Waals surface area contributed by atoms with Crippen molar-refractivity contribution in [1.29, 1.82) is 0 Å². The van der Waals surface area contributed by atoms with Crippen molar-refractivity contribution in [2.75, 3.05) is 11.3 Å². The molecular formula is C31H37FN2O4S. The van der Waals surface area contributed by atoms with E-state index in [9.17, 15) is 17.6 Å². The number of carbonyl (C=O) groups is 1. The number of sulfonamides is 1. The van der Waals surface area contributed by atoms with Crippen LogP contribution < -0.4 is 9.46 Å². The van der Waals surface area contributed by atoms with Crippen LogP contribution in [0.2, 0.25) is 0 Å². The molecule has 1 aliphatic rings. The summed E-state index contributed by atoms with van der Waals surface area (Å²) in [6.45, 7) is 9.77. The maximum atomic E-state index is 14.6. The monoisotopic (exact) mass is 552 g/mol. The summed E-state index contributed by atoms with van der Waals surface area (Å²) < 4.78 is 48.6. The van der Waals surface area contributed by atoms with E-state index in [0.717, 1.165) is 36.0 Å². The molecule has 1 heterocycles. The van der Waals surface area contributed by atoms with E-state index in [1.54, 1.807) is 23.1 Å². The smallest absolute Gasteiger partial charge is 0.261 e. The Morgan fingerprint density at radius 2 is 1.69 bits per heavy atom. The Bertz CT molecular complexity index is 1430. The molecule has 0 spiro atoms. The number of nitrogens with zero attached hydrogens (tertiary/aromatic N) is 1. The normalized spacial score (nSPS) is 13.3. The summed E-state index contributed by atoms with van der Waals surface area (Å²) in [7, 11) is -4.03. The number of halogens is 1. The highest BCUT2D eigenvalue weighted by Crippen LogP contribution is 2.29. The standard InChI is InChI=1S/C31H37FN2O4S/c1-5-6-7-16-38-26-13-15-29(28(32)19-26)33-39(36,37)27-14-10-23-20-34(21-24(23)18-27)30(35)17-22-8-11-25(12-9-22)31(2,3)4/h8-15,18-19,33H,5-7,16-17,20-21H2,1-4H3. The van der Waals surface area contributed by atoms with Gasteiger partial charge in [0.1, 0.15) is 5.75 Å². The number of hydrogen-bond acceptors (Lipinski definition) is 4. The minimum atomic E-state index is -4.03. The highest BCUT2D eigenvalue weighted by molar-refractivity contribution is 7.92. The molecule has 4 rings (SSSR count). The number of nitrogens with one attached hydrogen (secondary N) is 1. The van der Waals surface area contributed by atoms with Gasteiger partial charge in [0.25, 0.3) is 10.0 Å². The first-order valence-corrected chi connectivity index (χ1v) is 14.9.